The largest absolute Gasteiger partial charge is 0.452 e. The lowest BCUT2D eigenvalue weighted by atomic mass is 10.0. The van der Waals surface area contributed by atoms with Crippen LogP contribution in [0, 0.1) is 0 Å². The first-order valence-electron chi connectivity index (χ1n) is 10.3. The Bertz CT molecular complexity index is 1390. The van der Waals surface area contributed by atoms with E-state index < -0.39 is 34.4 Å². The Morgan fingerprint density at radius 2 is 1.74 bits per heavy atom. The van der Waals surface area contributed by atoms with Crippen LogP contribution < -0.4 is 15.8 Å². The molecular weight excluding hydrogens is 490 g/mol. The maximum Gasteiger partial charge on any atom is 0.342 e. The van der Waals surface area contributed by atoms with Crippen LogP contribution in [0.3, 0.4) is 0 Å². The molecule has 3 aromatic rings. The molecular formula is C24H23N3O6S2. The van der Waals surface area contributed by atoms with Crippen molar-refractivity contribution in [1.82, 2.24) is 0 Å². The van der Waals surface area contributed by atoms with E-state index >= 15 is 0 Å². The van der Waals surface area contributed by atoms with E-state index in [4.69, 9.17) is 9.88 Å². The Morgan fingerprint density at radius 3 is 2.40 bits per heavy atom. The predicted molar refractivity (Wildman–Crippen MR) is 135 cm³/mol. The second-order valence-corrected chi connectivity index (χ2v) is 10.1. The van der Waals surface area contributed by atoms with Gasteiger partial charge in [-0.25, -0.2) is 18.4 Å². The zero-order chi connectivity index (χ0) is 25.6. The van der Waals surface area contributed by atoms with Crippen LogP contribution in [0.25, 0.3) is 11.1 Å². The van der Waals surface area contributed by atoms with E-state index in [2.05, 4.69) is 10.6 Å². The number of rotatable bonds is 8. The zero-order valence-electron chi connectivity index (χ0n) is 18.9. The highest BCUT2D eigenvalue weighted by Crippen LogP contribution is 2.36. The lowest BCUT2D eigenvalue weighted by molar-refractivity contribution is -0.119. The standard InChI is InChI=1S/C24H23N3O6S2/c1-15(2)11-20(28)27-23-22(19(14-34-23)16-7-4-3-5-8-16)24(30)33-13-21(29)26-17-9-6-10-18(12-17)35(25,31)32/h3-12,14H,13H2,1-2H3,(H,26,29)(H,27,28)(H2,25,31,32). The monoisotopic (exact) mass is 513 g/mol. The molecule has 0 unspecified atom stereocenters. The number of hydrogen-bond acceptors (Lipinski definition) is 7. The number of nitrogens with two attached hydrogens (primary N) is 1. The molecule has 0 aliphatic heterocycles. The van der Waals surface area contributed by atoms with Gasteiger partial charge < -0.3 is 15.4 Å². The summed E-state index contributed by atoms with van der Waals surface area (Å²) in [5.74, 6) is -1.88. The molecule has 35 heavy (non-hydrogen) atoms. The molecule has 0 bridgehead atoms. The van der Waals surface area contributed by atoms with Crippen LogP contribution in [-0.4, -0.2) is 32.8 Å². The highest BCUT2D eigenvalue weighted by Gasteiger charge is 2.23. The molecule has 4 N–H and O–H groups in total. The van der Waals surface area contributed by atoms with Crippen molar-refractivity contribution in [3.05, 3.63) is 77.2 Å². The Balaban J connectivity index is 1.78. The molecule has 0 atom stereocenters. The van der Waals surface area contributed by atoms with Gasteiger partial charge in [-0.2, -0.15) is 0 Å². The van der Waals surface area contributed by atoms with Crippen molar-refractivity contribution < 1.29 is 27.5 Å². The molecule has 0 aliphatic rings. The molecule has 1 aromatic heterocycles. The average Bonchev–Trinajstić information content (AvgIpc) is 3.20. The smallest absolute Gasteiger partial charge is 0.342 e. The lowest BCUT2D eigenvalue weighted by Crippen LogP contribution is -2.22. The molecule has 0 saturated heterocycles. The predicted octanol–water partition coefficient (Wildman–Crippen LogP) is 3.76. The SMILES string of the molecule is CC(C)=CC(=O)Nc1scc(-c2ccccc2)c1C(=O)OCC(=O)Nc1cccc(S(N)(=O)=O)c1. The second-order valence-electron chi connectivity index (χ2n) is 7.63. The van der Waals surface area contributed by atoms with Gasteiger partial charge in [-0.3, -0.25) is 9.59 Å². The topological polar surface area (TPSA) is 145 Å². The highest BCUT2D eigenvalue weighted by atomic mass is 32.2. The first kappa shape index (κ1) is 25.8. The molecule has 0 saturated carbocycles. The number of hydrogen-bond donors (Lipinski definition) is 3. The van der Waals surface area contributed by atoms with Crippen LogP contribution in [0.1, 0.15) is 24.2 Å². The van der Waals surface area contributed by atoms with E-state index in [0.717, 1.165) is 22.5 Å². The minimum Gasteiger partial charge on any atom is -0.452 e. The summed E-state index contributed by atoms with van der Waals surface area (Å²) >= 11 is 1.16. The maximum absolute atomic E-state index is 13.0. The van der Waals surface area contributed by atoms with Crippen molar-refractivity contribution in [1.29, 1.82) is 0 Å². The van der Waals surface area contributed by atoms with Crippen LogP contribution in [0.15, 0.2) is 76.5 Å². The minimum atomic E-state index is -3.94. The fourth-order valence-electron chi connectivity index (χ4n) is 3.04. The molecule has 182 valence electrons. The summed E-state index contributed by atoms with van der Waals surface area (Å²) in [5.41, 5.74) is 2.38. The third kappa shape index (κ3) is 7.09. The van der Waals surface area contributed by atoms with Gasteiger partial charge in [0.2, 0.25) is 15.9 Å². The van der Waals surface area contributed by atoms with Gasteiger partial charge in [0.25, 0.3) is 5.91 Å². The van der Waals surface area contributed by atoms with Gasteiger partial charge in [0.15, 0.2) is 6.61 Å². The van der Waals surface area contributed by atoms with E-state index in [1.54, 1.807) is 19.2 Å². The van der Waals surface area contributed by atoms with Crippen molar-refractivity contribution in [2.75, 3.05) is 17.2 Å². The number of benzene rings is 2. The third-order valence-electron chi connectivity index (χ3n) is 4.52. The Kier molecular flexibility index (Phi) is 8.18. The van der Waals surface area contributed by atoms with E-state index in [0.29, 0.717) is 5.56 Å². The van der Waals surface area contributed by atoms with Crippen molar-refractivity contribution in [2.24, 2.45) is 5.14 Å². The fraction of sp³-hybridized carbons (Fsp3) is 0.125. The summed E-state index contributed by atoms with van der Waals surface area (Å²) in [6, 6.07) is 14.4. The number of sulfonamides is 1. The summed E-state index contributed by atoms with van der Waals surface area (Å²) in [6.45, 7) is 2.91. The Hall–Kier alpha value is -3.80. The molecule has 3 rings (SSSR count). The first-order valence-corrected chi connectivity index (χ1v) is 12.7. The fourth-order valence-corrected chi connectivity index (χ4v) is 4.56. The summed E-state index contributed by atoms with van der Waals surface area (Å²) in [6.07, 6.45) is 1.40. The zero-order valence-corrected chi connectivity index (χ0v) is 20.5. The van der Waals surface area contributed by atoms with E-state index in [1.165, 1.54) is 30.3 Å². The van der Waals surface area contributed by atoms with Gasteiger partial charge in [0.1, 0.15) is 10.6 Å². The van der Waals surface area contributed by atoms with Crippen molar-refractivity contribution in [2.45, 2.75) is 18.7 Å². The maximum atomic E-state index is 13.0. The minimum absolute atomic E-state index is 0.126. The van der Waals surface area contributed by atoms with Crippen LogP contribution in [0.2, 0.25) is 0 Å². The highest BCUT2D eigenvalue weighted by molar-refractivity contribution is 7.89. The Labute approximate surface area is 206 Å². The quantitative estimate of drug-likeness (QED) is 0.309. The van der Waals surface area contributed by atoms with Gasteiger partial charge in [-0.05, 0) is 37.6 Å². The molecule has 2 amide bonds. The molecule has 9 nitrogen and oxygen atoms in total. The Morgan fingerprint density at radius 1 is 1.03 bits per heavy atom. The van der Waals surface area contributed by atoms with E-state index in [9.17, 15) is 22.8 Å². The summed E-state index contributed by atoms with van der Waals surface area (Å²) < 4.78 is 28.2. The number of anilines is 2. The normalized spacial score (nSPS) is 10.8. The molecule has 0 radical (unpaired) electrons. The first-order chi connectivity index (χ1) is 16.5. The van der Waals surface area contributed by atoms with Crippen LogP contribution in [-0.2, 0) is 24.3 Å². The number of allylic oxidation sites excluding steroid dienone is 1. The third-order valence-corrected chi connectivity index (χ3v) is 6.32. The molecule has 0 fully saturated rings. The van der Waals surface area contributed by atoms with Crippen molar-refractivity contribution in [3.63, 3.8) is 0 Å². The number of thiophene rings is 1. The number of carbonyl (C=O) groups excluding carboxylic acids is 3. The number of primary sulfonamides is 1. The number of esters is 1. The van der Waals surface area contributed by atoms with Gasteiger partial charge in [-0.15, -0.1) is 11.3 Å². The number of amides is 2. The van der Waals surface area contributed by atoms with Gasteiger partial charge >= 0.3 is 5.97 Å². The van der Waals surface area contributed by atoms with Crippen molar-refractivity contribution >= 4 is 49.8 Å². The van der Waals surface area contributed by atoms with Gasteiger partial charge in [0.05, 0.1) is 4.90 Å². The molecule has 11 heteroatoms. The molecule has 1 heterocycles. The van der Waals surface area contributed by atoms with Gasteiger partial charge in [-0.1, -0.05) is 42.0 Å². The van der Waals surface area contributed by atoms with Gasteiger partial charge in [0, 0.05) is 22.7 Å². The van der Waals surface area contributed by atoms with E-state index in [-0.39, 0.29) is 21.1 Å². The van der Waals surface area contributed by atoms with E-state index in [1.807, 2.05) is 30.3 Å². The number of carbonyl (C=O) groups is 3. The summed E-state index contributed by atoms with van der Waals surface area (Å²) in [4.78, 5) is 37.4. The second kappa shape index (κ2) is 11.1. The average molecular weight is 514 g/mol. The lowest BCUT2D eigenvalue weighted by Gasteiger charge is -2.10. The van der Waals surface area contributed by atoms with Crippen molar-refractivity contribution in [3.8, 4) is 11.1 Å². The van der Waals surface area contributed by atoms with Crippen LogP contribution in [0.5, 0.6) is 0 Å². The summed E-state index contributed by atoms with van der Waals surface area (Å²) in [7, 11) is -3.94. The van der Waals surface area contributed by atoms with Crippen LogP contribution >= 0.6 is 11.3 Å². The molecule has 0 spiro atoms. The number of nitrogens with one attached hydrogen (secondary N) is 2. The summed E-state index contributed by atoms with van der Waals surface area (Å²) in [5, 5.41) is 12.3. The number of ether oxygens (including phenoxy) is 1. The molecule has 0 aliphatic carbocycles. The molecule has 2 aromatic carbocycles. The van der Waals surface area contributed by atoms with Crippen LogP contribution in [0.4, 0.5) is 10.7 Å².